The average molecular weight is 233 g/mol. The molecular weight excluding hydrogens is 224 g/mol. The summed E-state index contributed by atoms with van der Waals surface area (Å²) in [5.74, 6) is 0. The van der Waals surface area contributed by atoms with Crippen molar-refractivity contribution in [2.45, 2.75) is 0 Å². The summed E-state index contributed by atoms with van der Waals surface area (Å²) in [6.07, 6.45) is 1.55. The zero-order valence-electron chi connectivity index (χ0n) is 8.34. The Labute approximate surface area is 98.5 Å². The normalized spacial score (nSPS) is 10.2. The molecule has 0 amide bonds. The molecule has 2 aromatic rings. The summed E-state index contributed by atoms with van der Waals surface area (Å²) in [6, 6.07) is 10.4. The van der Waals surface area contributed by atoms with E-state index in [1.807, 2.05) is 6.07 Å². The maximum Gasteiger partial charge on any atom is 0.488 e. The van der Waals surface area contributed by atoms with E-state index >= 15 is 0 Å². The molecule has 1 heterocycles. The summed E-state index contributed by atoms with van der Waals surface area (Å²) in [5, 5.41) is 18.7. The van der Waals surface area contributed by atoms with Crippen molar-refractivity contribution in [3.63, 3.8) is 0 Å². The summed E-state index contributed by atoms with van der Waals surface area (Å²) in [4.78, 5) is 4.15. The van der Waals surface area contributed by atoms with Crippen LogP contribution in [0, 0.1) is 0 Å². The van der Waals surface area contributed by atoms with E-state index in [0.29, 0.717) is 10.5 Å². The van der Waals surface area contributed by atoms with Gasteiger partial charge in [-0.25, -0.2) is 0 Å². The van der Waals surface area contributed by atoms with Crippen molar-refractivity contribution in [2.24, 2.45) is 0 Å². The van der Waals surface area contributed by atoms with Crippen LogP contribution < -0.4 is 5.46 Å². The molecule has 2 N–H and O–H groups in total. The van der Waals surface area contributed by atoms with Crippen LogP contribution in [0.2, 0.25) is 5.02 Å². The smallest absolute Gasteiger partial charge is 0.423 e. The van der Waals surface area contributed by atoms with Crippen LogP contribution in [-0.4, -0.2) is 22.2 Å². The summed E-state index contributed by atoms with van der Waals surface area (Å²) < 4.78 is 0. The predicted molar refractivity (Wildman–Crippen MR) is 64.5 cm³/mol. The molecule has 0 fully saturated rings. The second-order valence-corrected chi connectivity index (χ2v) is 3.80. The Morgan fingerprint density at radius 2 is 1.94 bits per heavy atom. The van der Waals surface area contributed by atoms with Crippen LogP contribution in [0.5, 0.6) is 0 Å². The van der Waals surface area contributed by atoms with Crippen LogP contribution in [-0.2, 0) is 0 Å². The van der Waals surface area contributed by atoms with Gasteiger partial charge in [-0.2, -0.15) is 0 Å². The number of hydrogen-bond donors (Lipinski definition) is 2. The highest BCUT2D eigenvalue weighted by atomic mass is 35.5. The zero-order chi connectivity index (χ0) is 11.5. The first-order valence-corrected chi connectivity index (χ1v) is 5.12. The lowest BCUT2D eigenvalue weighted by molar-refractivity contribution is 0.426. The van der Waals surface area contributed by atoms with Crippen LogP contribution in [0.25, 0.3) is 11.3 Å². The molecule has 0 aliphatic heterocycles. The van der Waals surface area contributed by atoms with E-state index < -0.39 is 7.12 Å². The van der Waals surface area contributed by atoms with Crippen molar-refractivity contribution in [3.8, 4) is 11.3 Å². The van der Waals surface area contributed by atoms with Crippen LogP contribution >= 0.6 is 11.6 Å². The fourth-order valence-corrected chi connectivity index (χ4v) is 1.52. The lowest BCUT2D eigenvalue weighted by atomic mass is 9.79. The third-order valence-corrected chi connectivity index (χ3v) is 2.43. The molecule has 0 aliphatic carbocycles. The lowest BCUT2D eigenvalue weighted by Crippen LogP contribution is -2.29. The largest absolute Gasteiger partial charge is 0.488 e. The number of rotatable bonds is 2. The Hall–Kier alpha value is -1.36. The molecular formula is C11H9BClNO2. The minimum absolute atomic E-state index is 0.439. The van der Waals surface area contributed by atoms with Crippen molar-refractivity contribution < 1.29 is 10.0 Å². The maximum atomic E-state index is 9.05. The van der Waals surface area contributed by atoms with Gasteiger partial charge >= 0.3 is 7.12 Å². The van der Waals surface area contributed by atoms with Crippen molar-refractivity contribution in [1.29, 1.82) is 0 Å². The number of halogens is 1. The minimum Gasteiger partial charge on any atom is -0.423 e. The van der Waals surface area contributed by atoms with E-state index in [4.69, 9.17) is 21.6 Å². The van der Waals surface area contributed by atoms with Gasteiger partial charge in [0.05, 0.1) is 10.7 Å². The van der Waals surface area contributed by atoms with Gasteiger partial charge in [-0.1, -0.05) is 35.9 Å². The molecule has 3 nitrogen and oxygen atoms in total. The quantitative estimate of drug-likeness (QED) is 0.763. The first kappa shape index (κ1) is 11.1. The Kier molecular flexibility index (Phi) is 3.24. The molecule has 80 valence electrons. The summed E-state index contributed by atoms with van der Waals surface area (Å²) >= 11 is 5.74. The van der Waals surface area contributed by atoms with E-state index in [9.17, 15) is 0 Å². The number of nitrogens with zero attached hydrogens (tertiary/aromatic N) is 1. The third-order valence-electron chi connectivity index (χ3n) is 2.21. The molecule has 0 saturated carbocycles. The van der Waals surface area contributed by atoms with E-state index in [1.165, 1.54) is 0 Å². The summed E-state index contributed by atoms with van der Waals surface area (Å²) in [5.41, 5.74) is 2.00. The first-order chi connectivity index (χ1) is 7.66. The monoisotopic (exact) mass is 233 g/mol. The van der Waals surface area contributed by atoms with Gasteiger partial charge in [0.1, 0.15) is 0 Å². The van der Waals surface area contributed by atoms with E-state index in [0.717, 1.165) is 11.3 Å². The Balaban J connectivity index is 2.40. The fourth-order valence-electron chi connectivity index (χ4n) is 1.41. The number of aromatic nitrogens is 1. The average Bonchev–Trinajstić information content (AvgIpc) is 2.30. The number of pyridine rings is 1. The number of hydrogen-bond acceptors (Lipinski definition) is 3. The molecule has 0 spiro atoms. The van der Waals surface area contributed by atoms with Crippen molar-refractivity contribution in [1.82, 2.24) is 4.98 Å². The van der Waals surface area contributed by atoms with Gasteiger partial charge in [0.2, 0.25) is 0 Å². The molecule has 16 heavy (non-hydrogen) atoms. The van der Waals surface area contributed by atoms with Crippen LogP contribution in [0.4, 0.5) is 0 Å². The zero-order valence-corrected chi connectivity index (χ0v) is 9.09. The second-order valence-electron chi connectivity index (χ2n) is 3.36. The second kappa shape index (κ2) is 4.66. The van der Waals surface area contributed by atoms with Crippen molar-refractivity contribution in [3.05, 3.63) is 47.6 Å². The maximum absolute atomic E-state index is 9.05. The topological polar surface area (TPSA) is 53.4 Å². The fraction of sp³-hybridized carbons (Fsp3) is 0. The van der Waals surface area contributed by atoms with Crippen molar-refractivity contribution >= 4 is 24.2 Å². The molecule has 0 unspecified atom stereocenters. The highest BCUT2D eigenvalue weighted by Gasteiger charge is 2.11. The van der Waals surface area contributed by atoms with E-state index in [2.05, 4.69) is 4.98 Å². The number of benzene rings is 1. The molecule has 5 heteroatoms. The van der Waals surface area contributed by atoms with Crippen molar-refractivity contribution in [2.75, 3.05) is 0 Å². The lowest BCUT2D eigenvalue weighted by Gasteiger charge is -2.04. The molecule has 0 aliphatic rings. The van der Waals surface area contributed by atoms with Gasteiger partial charge in [0.15, 0.2) is 0 Å². The molecule has 0 atom stereocenters. The minimum atomic E-state index is -1.47. The Bertz CT molecular complexity index is 488. The van der Waals surface area contributed by atoms with E-state index in [-0.39, 0.29) is 0 Å². The summed E-state index contributed by atoms with van der Waals surface area (Å²) in [6.45, 7) is 0. The molecule has 1 aromatic heterocycles. The predicted octanol–water partition coefficient (Wildman–Crippen LogP) is 1.08. The molecule has 0 radical (unpaired) electrons. The molecule has 0 saturated heterocycles. The highest BCUT2D eigenvalue weighted by molar-refractivity contribution is 6.58. The molecule has 1 aromatic carbocycles. The van der Waals surface area contributed by atoms with Gasteiger partial charge in [-0.05, 0) is 23.2 Å². The van der Waals surface area contributed by atoms with Crippen LogP contribution in [0.15, 0.2) is 42.6 Å². The van der Waals surface area contributed by atoms with Gasteiger partial charge < -0.3 is 10.0 Å². The third kappa shape index (κ3) is 2.42. The Morgan fingerprint density at radius 1 is 1.12 bits per heavy atom. The standard InChI is InChI=1S/C11H9BClNO2/c13-10-4-5-11(14-7-10)8-2-1-3-9(6-8)12(15)16/h1-7,15-16H. The van der Waals surface area contributed by atoms with E-state index in [1.54, 1.807) is 36.5 Å². The SMILES string of the molecule is OB(O)c1cccc(-c2ccc(Cl)cn2)c1. The molecule has 2 rings (SSSR count). The first-order valence-electron chi connectivity index (χ1n) is 4.75. The van der Waals surface area contributed by atoms with Gasteiger partial charge in [-0.15, -0.1) is 0 Å². The van der Waals surface area contributed by atoms with Gasteiger partial charge in [0.25, 0.3) is 0 Å². The van der Waals surface area contributed by atoms with Gasteiger partial charge in [0, 0.05) is 6.20 Å². The Morgan fingerprint density at radius 3 is 2.56 bits per heavy atom. The van der Waals surface area contributed by atoms with Crippen LogP contribution in [0.1, 0.15) is 0 Å². The molecule has 0 bridgehead atoms. The van der Waals surface area contributed by atoms with Crippen LogP contribution in [0.3, 0.4) is 0 Å². The highest BCUT2D eigenvalue weighted by Crippen LogP contribution is 2.17. The summed E-state index contributed by atoms with van der Waals surface area (Å²) in [7, 11) is -1.47. The van der Waals surface area contributed by atoms with Gasteiger partial charge in [-0.3, -0.25) is 4.98 Å².